The van der Waals surface area contributed by atoms with E-state index in [1.165, 1.54) is 11.8 Å². The van der Waals surface area contributed by atoms with Crippen LogP contribution in [-0.2, 0) is 9.59 Å². The molecule has 0 saturated heterocycles. The molecule has 0 aliphatic heterocycles. The predicted octanol–water partition coefficient (Wildman–Crippen LogP) is 7.17. The Bertz CT molecular complexity index is 1800. The Labute approximate surface area is 259 Å². The summed E-state index contributed by atoms with van der Waals surface area (Å²) in [6.07, 6.45) is 1.66. The first-order chi connectivity index (χ1) is 21.4. The van der Waals surface area contributed by atoms with Gasteiger partial charge in [0.1, 0.15) is 16.7 Å². The average Bonchev–Trinajstić information content (AvgIpc) is 3.45. The lowest BCUT2D eigenvalue weighted by Crippen LogP contribution is -2.30. The van der Waals surface area contributed by atoms with Gasteiger partial charge in [0.25, 0.3) is 11.8 Å². The molecule has 0 fully saturated rings. The molecule has 0 radical (unpaired) electrons. The van der Waals surface area contributed by atoms with Crippen molar-refractivity contribution in [2.75, 3.05) is 10.6 Å². The second-order valence-corrected chi connectivity index (χ2v) is 11.1. The number of benzene rings is 4. The molecule has 8 nitrogen and oxygen atoms in total. The maximum Gasteiger partial charge on any atom is 0.272 e. The van der Waals surface area contributed by atoms with Crippen molar-refractivity contribution in [3.8, 4) is 0 Å². The summed E-state index contributed by atoms with van der Waals surface area (Å²) in [5.41, 5.74) is 3.59. The van der Waals surface area contributed by atoms with Gasteiger partial charge in [-0.05, 0) is 66.9 Å². The van der Waals surface area contributed by atoms with Crippen LogP contribution >= 0.6 is 11.8 Å². The van der Waals surface area contributed by atoms with E-state index in [1.54, 1.807) is 61.5 Å². The molecule has 1 heterocycles. The van der Waals surface area contributed by atoms with Crippen LogP contribution in [0.2, 0.25) is 0 Å². The molecular weight excluding hydrogens is 572 g/mol. The van der Waals surface area contributed by atoms with Gasteiger partial charge < -0.3 is 20.5 Å². The highest BCUT2D eigenvalue weighted by molar-refractivity contribution is 8.00. The smallest absolute Gasteiger partial charge is 0.272 e. The number of hydrogen-bond donors (Lipinski definition) is 3. The quantitative estimate of drug-likeness (QED) is 0.115. The molecule has 0 aliphatic carbocycles. The maximum absolute atomic E-state index is 13.6. The zero-order valence-corrected chi connectivity index (χ0v) is 24.9. The lowest BCUT2D eigenvalue weighted by Gasteiger charge is -2.17. The van der Waals surface area contributed by atoms with E-state index in [2.05, 4.69) is 21.1 Å². The van der Waals surface area contributed by atoms with Crippen LogP contribution in [0.25, 0.3) is 6.08 Å². The highest BCUT2D eigenvalue weighted by Crippen LogP contribution is 2.37. The summed E-state index contributed by atoms with van der Waals surface area (Å²) in [7, 11) is 0. The standard InChI is InChI=1S/C35H30N4O4S/c1-23-12-9-10-17-27(23)21-30(37-33(40)26-15-7-4-8-16-26)34(41)36-28-18-11-19-29(22-28)44-32(25-13-5-3-6-14-25)35(42)38-31-20-24(2)43-39-31/h3-22,32H,1-2H3,(H,36,41)(H,37,40)(H,38,39,42)/b30-21-. The molecule has 1 atom stereocenters. The number of carbonyl (C=O) groups is 3. The molecule has 4 aromatic carbocycles. The SMILES string of the molecule is Cc1cc(NC(=O)C(Sc2cccc(NC(=O)/C(=C/c3ccccc3C)NC(=O)c3ccccc3)c2)c2ccccc2)no1. The topological polar surface area (TPSA) is 113 Å². The Morgan fingerprint density at radius 2 is 1.50 bits per heavy atom. The van der Waals surface area contributed by atoms with Gasteiger partial charge in [0.05, 0.1) is 0 Å². The van der Waals surface area contributed by atoms with Crippen LogP contribution in [0.3, 0.4) is 0 Å². The van der Waals surface area contributed by atoms with E-state index < -0.39 is 17.1 Å². The number of aryl methyl sites for hydroxylation is 2. The zero-order valence-electron chi connectivity index (χ0n) is 24.1. The summed E-state index contributed by atoms with van der Waals surface area (Å²) in [5, 5.41) is 11.8. The first-order valence-electron chi connectivity index (χ1n) is 13.9. The van der Waals surface area contributed by atoms with Crippen molar-refractivity contribution < 1.29 is 18.9 Å². The molecule has 1 aromatic heterocycles. The van der Waals surface area contributed by atoms with Crippen molar-refractivity contribution in [2.24, 2.45) is 0 Å². The van der Waals surface area contributed by atoms with E-state index in [9.17, 15) is 14.4 Å². The van der Waals surface area contributed by atoms with Crippen LogP contribution in [-0.4, -0.2) is 22.9 Å². The van der Waals surface area contributed by atoms with Gasteiger partial charge in [-0.2, -0.15) is 0 Å². The van der Waals surface area contributed by atoms with Crippen molar-refractivity contribution >= 4 is 47.1 Å². The number of anilines is 2. The Morgan fingerprint density at radius 3 is 2.20 bits per heavy atom. The minimum atomic E-state index is -0.610. The van der Waals surface area contributed by atoms with Gasteiger partial charge in [0, 0.05) is 22.2 Å². The molecule has 44 heavy (non-hydrogen) atoms. The van der Waals surface area contributed by atoms with Crippen LogP contribution in [0.5, 0.6) is 0 Å². The average molecular weight is 603 g/mol. The Morgan fingerprint density at radius 1 is 0.795 bits per heavy atom. The van der Waals surface area contributed by atoms with Gasteiger partial charge in [0.15, 0.2) is 5.82 Å². The normalized spacial score (nSPS) is 11.8. The van der Waals surface area contributed by atoms with E-state index in [-0.39, 0.29) is 11.6 Å². The predicted molar refractivity (Wildman–Crippen MR) is 173 cm³/mol. The second-order valence-electron chi connectivity index (χ2n) is 9.94. The van der Waals surface area contributed by atoms with E-state index in [4.69, 9.17) is 4.52 Å². The first kappa shape index (κ1) is 30.1. The Kier molecular flexibility index (Phi) is 9.68. The molecule has 0 bridgehead atoms. The number of carbonyl (C=O) groups excluding carboxylic acids is 3. The molecule has 220 valence electrons. The fourth-order valence-corrected chi connectivity index (χ4v) is 5.43. The van der Waals surface area contributed by atoms with Crippen LogP contribution in [0.1, 0.15) is 38.1 Å². The molecule has 0 aliphatic rings. The molecule has 5 rings (SSSR count). The van der Waals surface area contributed by atoms with E-state index in [0.29, 0.717) is 22.8 Å². The van der Waals surface area contributed by atoms with Crippen molar-refractivity contribution in [1.82, 2.24) is 10.5 Å². The van der Waals surface area contributed by atoms with Gasteiger partial charge in [-0.15, -0.1) is 11.8 Å². The van der Waals surface area contributed by atoms with Crippen molar-refractivity contribution in [3.05, 3.63) is 149 Å². The summed E-state index contributed by atoms with van der Waals surface area (Å²) < 4.78 is 5.09. The Balaban J connectivity index is 1.38. The minimum absolute atomic E-state index is 0.0932. The van der Waals surface area contributed by atoms with Gasteiger partial charge in [-0.1, -0.05) is 84.0 Å². The van der Waals surface area contributed by atoms with Crippen molar-refractivity contribution in [1.29, 1.82) is 0 Å². The van der Waals surface area contributed by atoms with Gasteiger partial charge in [-0.25, -0.2) is 0 Å². The molecule has 1 unspecified atom stereocenters. The monoisotopic (exact) mass is 602 g/mol. The lowest BCUT2D eigenvalue weighted by molar-refractivity contribution is -0.116. The first-order valence-corrected chi connectivity index (χ1v) is 14.7. The summed E-state index contributed by atoms with van der Waals surface area (Å²) in [6.45, 7) is 3.69. The van der Waals surface area contributed by atoms with Crippen LogP contribution in [0.15, 0.2) is 130 Å². The van der Waals surface area contributed by atoms with E-state index in [0.717, 1.165) is 21.6 Å². The summed E-state index contributed by atoms with van der Waals surface area (Å²) in [4.78, 5) is 40.7. The third-order valence-electron chi connectivity index (χ3n) is 6.58. The van der Waals surface area contributed by atoms with E-state index >= 15 is 0 Å². The van der Waals surface area contributed by atoms with Crippen molar-refractivity contribution in [3.63, 3.8) is 0 Å². The lowest BCUT2D eigenvalue weighted by atomic mass is 10.1. The molecular formula is C35H30N4O4S. The Hall–Kier alpha value is -5.41. The zero-order chi connectivity index (χ0) is 30.9. The number of hydrogen-bond acceptors (Lipinski definition) is 6. The minimum Gasteiger partial charge on any atom is -0.360 e. The van der Waals surface area contributed by atoms with Gasteiger partial charge >= 0.3 is 0 Å². The number of nitrogens with one attached hydrogen (secondary N) is 3. The fourth-order valence-electron chi connectivity index (χ4n) is 4.35. The van der Waals surface area contributed by atoms with E-state index in [1.807, 2.05) is 73.7 Å². The summed E-state index contributed by atoms with van der Waals surface area (Å²) in [5.74, 6) is -0.234. The molecule has 3 amide bonds. The number of thioether (sulfide) groups is 1. The second kappa shape index (κ2) is 14.2. The molecule has 5 aromatic rings. The number of rotatable bonds is 10. The van der Waals surface area contributed by atoms with Crippen molar-refractivity contribution in [2.45, 2.75) is 24.0 Å². The summed E-state index contributed by atoms with van der Waals surface area (Å²) in [6, 6.07) is 34.6. The number of nitrogens with zero attached hydrogens (tertiary/aromatic N) is 1. The third-order valence-corrected chi connectivity index (χ3v) is 7.83. The molecule has 0 saturated carbocycles. The molecule has 9 heteroatoms. The fraction of sp³-hybridized carbons (Fsp3) is 0.0857. The molecule has 3 N–H and O–H groups in total. The van der Waals surface area contributed by atoms with Crippen LogP contribution in [0, 0.1) is 13.8 Å². The highest BCUT2D eigenvalue weighted by Gasteiger charge is 2.24. The van der Waals surface area contributed by atoms with Gasteiger partial charge in [-0.3, -0.25) is 14.4 Å². The number of amides is 3. The van der Waals surface area contributed by atoms with Crippen LogP contribution in [0.4, 0.5) is 11.5 Å². The maximum atomic E-state index is 13.6. The molecule has 0 spiro atoms. The van der Waals surface area contributed by atoms with Gasteiger partial charge in [0.2, 0.25) is 5.91 Å². The highest BCUT2D eigenvalue weighted by atomic mass is 32.2. The largest absolute Gasteiger partial charge is 0.360 e. The number of aromatic nitrogens is 1. The summed E-state index contributed by atoms with van der Waals surface area (Å²) >= 11 is 1.33. The third kappa shape index (κ3) is 7.90. The van der Waals surface area contributed by atoms with Crippen LogP contribution < -0.4 is 16.0 Å².